The average Bonchev–Trinajstić information content (AvgIpc) is 2.65. The SMILES string of the molecule is CCCC1(C)[n+]2cc(C)nc(C)c2-c2cc3ccccc3cc2C1(C)CC. The van der Waals surface area contributed by atoms with Crippen molar-refractivity contribution in [3.63, 3.8) is 0 Å². The van der Waals surface area contributed by atoms with Gasteiger partial charge in [0.1, 0.15) is 11.4 Å². The van der Waals surface area contributed by atoms with Gasteiger partial charge >= 0.3 is 0 Å². The molecule has 0 saturated heterocycles. The fourth-order valence-corrected chi connectivity index (χ4v) is 5.39. The Bertz CT molecular complexity index is 1040. The Hall–Kier alpha value is -2.22. The number of fused-ring (bicyclic) bond motifs is 4. The third kappa shape index (κ3) is 2.38. The predicted octanol–water partition coefficient (Wildman–Crippen LogP) is 6.00. The van der Waals surface area contributed by atoms with Crippen molar-refractivity contribution in [2.75, 3.05) is 0 Å². The number of aromatic nitrogens is 2. The zero-order valence-electron chi connectivity index (χ0n) is 17.6. The van der Waals surface area contributed by atoms with E-state index in [0.717, 1.165) is 24.2 Å². The van der Waals surface area contributed by atoms with E-state index in [-0.39, 0.29) is 11.0 Å². The molecule has 2 atom stereocenters. The molecule has 27 heavy (non-hydrogen) atoms. The highest BCUT2D eigenvalue weighted by Gasteiger charge is 2.57. The van der Waals surface area contributed by atoms with Gasteiger partial charge in [0.2, 0.25) is 5.69 Å². The van der Waals surface area contributed by atoms with Crippen LogP contribution in [0.2, 0.25) is 0 Å². The number of hydrogen-bond donors (Lipinski definition) is 0. The third-order valence-corrected chi connectivity index (χ3v) is 7.14. The summed E-state index contributed by atoms with van der Waals surface area (Å²) in [4.78, 5) is 4.84. The van der Waals surface area contributed by atoms with Crippen molar-refractivity contribution in [2.45, 2.75) is 71.8 Å². The third-order valence-electron chi connectivity index (χ3n) is 7.14. The van der Waals surface area contributed by atoms with Crippen molar-refractivity contribution in [3.05, 3.63) is 59.5 Å². The molecule has 1 aromatic heterocycles. The van der Waals surface area contributed by atoms with Crippen LogP contribution in [0.3, 0.4) is 0 Å². The normalized spacial score (nSPS) is 23.9. The topological polar surface area (TPSA) is 16.8 Å². The van der Waals surface area contributed by atoms with E-state index in [0.29, 0.717) is 0 Å². The van der Waals surface area contributed by atoms with Gasteiger partial charge < -0.3 is 0 Å². The number of benzene rings is 2. The second-order valence-corrected chi connectivity index (χ2v) is 8.64. The highest BCUT2D eigenvalue weighted by Crippen LogP contribution is 2.51. The van der Waals surface area contributed by atoms with Gasteiger partial charge in [0.25, 0.3) is 0 Å². The lowest BCUT2D eigenvalue weighted by molar-refractivity contribution is -0.766. The van der Waals surface area contributed by atoms with Crippen LogP contribution in [0.25, 0.3) is 22.0 Å². The fraction of sp³-hybridized carbons (Fsp3) is 0.440. The zero-order valence-corrected chi connectivity index (χ0v) is 17.6. The standard InChI is InChI=1S/C25H31N2/c1-7-13-25(6)24(5,8-2)22-15-20-12-10-9-11-19(20)14-21(22)23-18(4)26-17(3)16-27(23)25/h9-12,14-16H,7-8,13H2,1-6H3/q+1. The van der Waals surface area contributed by atoms with Crippen LogP contribution < -0.4 is 4.57 Å². The summed E-state index contributed by atoms with van der Waals surface area (Å²) in [5, 5.41) is 2.64. The quantitative estimate of drug-likeness (QED) is 0.524. The molecule has 0 bridgehead atoms. The van der Waals surface area contributed by atoms with Crippen molar-refractivity contribution in [2.24, 2.45) is 0 Å². The minimum Gasteiger partial charge on any atom is -0.245 e. The van der Waals surface area contributed by atoms with Crippen LogP contribution in [0.5, 0.6) is 0 Å². The number of aryl methyl sites for hydroxylation is 2. The first-order chi connectivity index (χ1) is 12.9. The molecule has 1 aliphatic rings. The lowest BCUT2D eigenvalue weighted by atomic mass is 9.60. The summed E-state index contributed by atoms with van der Waals surface area (Å²) < 4.78 is 2.56. The summed E-state index contributed by atoms with van der Waals surface area (Å²) in [5.41, 5.74) is 6.46. The minimum atomic E-state index is 0.0275. The summed E-state index contributed by atoms with van der Waals surface area (Å²) in [6.07, 6.45) is 5.72. The molecule has 2 unspecified atom stereocenters. The van der Waals surface area contributed by atoms with Crippen LogP contribution in [-0.2, 0) is 11.0 Å². The molecule has 0 N–H and O–H groups in total. The molecule has 0 amide bonds. The summed E-state index contributed by atoms with van der Waals surface area (Å²) in [6.45, 7) is 13.9. The second kappa shape index (κ2) is 6.15. The molecule has 1 aliphatic heterocycles. The molecular weight excluding hydrogens is 328 g/mol. The van der Waals surface area contributed by atoms with E-state index < -0.39 is 0 Å². The van der Waals surface area contributed by atoms with Crippen molar-refractivity contribution >= 4 is 10.8 Å². The van der Waals surface area contributed by atoms with Gasteiger partial charge in [0.15, 0.2) is 11.7 Å². The maximum atomic E-state index is 4.84. The molecular formula is C25H31N2+. The van der Waals surface area contributed by atoms with Crippen LogP contribution in [-0.4, -0.2) is 4.98 Å². The van der Waals surface area contributed by atoms with Crippen molar-refractivity contribution in [3.8, 4) is 11.3 Å². The van der Waals surface area contributed by atoms with Crippen LogP contribution >= 0.6 is 0 Å². The summed E-state index contributed by atoms with van der Waals surface area (Å²) in [6, 6.07) is 13.6. The van der Waals surface area contributed by atoms with E-state index in [4.69, 9.17) is 4.98 Å². The van der Waals surface area contributed by atoms with Crippen LogP contribution in [0.15, 0.2) is 42.6 Å². The summed E-state index contributed by atoms with van der Waals surface area (Å²) >= 11 is 0. The first-order valence-electron chi connectivity index (χ1n) is 10.3. The Kier molecular flexibility index (Phi) is 4.14. The Morgan fingerprint density at radius 3 is 2.30 bits per heavy atom. The monoisotopic (exact) mass is 359 g/mol. The summed E-state index contributed by atoms with van der Waals surface area (Å²) in [7, 11) is 0. The van der Waals surface area contributed by atoms with Gasteiger partial charge in [0, 0.05) is 13.3 Å². The summed E-state index contributed by atoms with van der Waals surface area (Å²) in [5.74, 6) is 0. The van der Waals surface area contributed by atoms with E-state index >= 15 is 0 Å². The first kappa shape index (κ1) is 18.2. The minimum absolute atomic E-state index is 0.0275. The number of nitrogens with zero attached hydrogens (tertiary/aromatic N) is 2. The molecule has 0 radical (unpaired) electrons. The van der Waals surface area contributed by atoms with Crippen LogP contribution in [0, 0.1) is 13.8 Å². The smallest absolute Gasteiger partial charge is 0.234 e. The number of hydrogen-bond acceptors (Lipinski definition) is 1. The van der Waals surface area contributed by atoms with Gasteiger partial charge in [-0.25, -0.2) is 4.98 Å². The molecule has 0 fully saturated rings. The first-order valence-corrected chi connectivity index (χ1v) is 10.3. The van der Waals surface area contributed by atoms with Crippen LogP contribution in [0.1, 0.15) is 63.9 Å². The lowest BCUT2D eigenvalue weighted by Crippen LogP contribution is -2.68. The zero-order chi connectivity index (χ0) is 19.4. The molecule has 0 aliphatic carbocycles. The Morgan fingerprint density at radius 2 is 1.67 bits per heavy atom. The van der Waals surface area contributed by atoms with Crippen LogP contribution in [0.4, 0.5) is 0 Å². The Balaban J connectivity index is 2.18. The molecule has 2 heteroatoms. The van der Waals surface area contributed by atoms with Gasteiger partial charge in [-0.3, -0.25) is 0 Å². The maximum Gasteiger partial charge on any atom is 0.234 e. The molecule has 0 spiro atoms. The molecule has 2 nitrogen and oxygen atoms in total. The van der Waals surface area contributed by atoms with Gasteiger partial charge in [0.05, 0.1) is 11.0 Å². The maximum absolute atomic E-state index is 4.84. The molecule has 3 aromatic rings. The Labute approximate surface area is 163 Å². The molecule has 4 rings (SSSR count). The fourth-order valence-electron chi connectivity index (χ4n) is 5.39. The Morgan fingerprint density at radius 1 is 1.00 bits per heavy atom. The van der Waals surface area contributed by atoms with E-state index in [1.807, 2.05) is 0 Å². The second-order valence-electron chi connectivity index (χ2n) is 8.64. The predicted molar refractivity (Wildman–Crippen MR) is 113 cm³/mol. The van der Waals surface area contributed by atoms with Gasteiger partial charge in [-0.15, -0.1) is 0 Å². The van der Waals surface area contributed by atoms with Crippen molar-refractivity contribution < 1.29 is 4.57 Å². The van der Waals surface area contributed by atoms with Crippen molar-refractivity contribution in [1.29, 1.82) is 0 Å². The van der Waals surface area contributed by atoms with Gasteiger partial charge in [-0.1, -0.05) is 38.1 Å². The van der Waals surface area contributed by atoms with Gasteiger partial charge in [-0.2, -0.15) is 4.57 Å². The molecule has 2 aromatic carbocycles. The van der Waals surface area contributed by atoms with Gasteiger partial charge in [-0.05, 0) is 62.1 Å². The van der Waals surface area contributed by atoms with E-state index in [2.05, 4.69) is 88.7 Å². The number of rotatable bonds is 3. The van der Waals surface area contributed by atoms with E-state index in [9.17, 15) is 0 Å². The highest BCUT2D eigenvalue weighted by molar-refractivity contribution is 5.89. The van der Waals surface area contributed by atoms with E-state index in [1.54, 1.807) is 0 Å². The van der Waals surface area contributed by atoms with Crippen molar-refractivity contribution in [1.82, 2.24) is 4.98 Å². The highest BCUT2D eigenvalue weighted by atomic mass is 15.1. The molecule has 140 valence electrons. The average molecular weight is 360 g/mol. The molecule has 2 heterocycles. The largest absolute Gasteiger partial charge is 0.245 e. The van der Waals surface area contributed by atoms with E-state index in [1.165, 1.54) is 34.0 Å². The molecule has 0 saturated carbocycles. The lowest BCUT2D eigenvalue weighted by Gasteiger charge is -2.46.